The highest BCUT2D eigenvalue weighted by atomic mass is 16.0. The van der Waals surface area contributed by atoms with Crippen molar-refractivity contribution in [2.24, 2.45) is 47.3 Å². The minimum absolute atomic E-state index is 0. The molecule has 3 saturated carbocycles. The standard InChI is InChI=1S/C24H40.2H2O.H2/c1-17-5-11-23(12-6-17)24-13-9-21(10-14-24)7-8-22-15-18(2)20(4)19(3)16-22;;;/h17-24H,5-6,9-16H2,1-4H3;2*1H2;1H. The highest BCUT2D eigenvalue weighted by Gasteiger charge is 2.31. The molecular formula is C24H46O2. The number of rotatable bonds is 1. The summed E-state index contributed by atoms with van der Waals surface area (Å²) < 4.78 is 0. The zero-order valence-corrected chi connectivity index (χ0v) is 17.7. The maximum Gasteiger partial charge on any atom is 0.0208 e. The maximum atomic E-state index is 3.73. The summed E-state index contributed by atoms with van der Waals surface area (Å²) in [5.74, 6) is 14.5. The Labute approximate surface area is 164 Å². The van der Waals surface area contributed by atoms with Crippen LogP contribution in [0.25, 0.3) is 0 Å². The minimum atomic E-state index is 0. The Morgan fingerprint density at radius 2 is 1.00 bits per heavy atom. The van der Waals surface area contributed by atoms with Crippen molar-refractivity contribution in [3.05, 3.63) is 0 Å². The van der Waals surface area contributed by atoms with Crippen molar-refractivity contribution >= 4 is 0 Å². The van der Waals surface area contributed by atoms with Crippen molar-refractivity contribution in [1.29, 1.82) is 0 Å². The molecule has 0 aromatic heterocycles. The van der Waals surface area contributed by atoms with Gasteiger partial charge in [0.15, 0.2) is 0 Å². The van der Waals surface area contributed by atoms with Crippen LogP contribution in [-0.4, -0.2) is 11.0 Å². The Balaban J connectivity index is 0.00000225. The van der Waals surface area contributed by atoms with Crippen LogP contribution in [0.1, 0.15) is 93.3 Å². The molecule has 0 aromatic rings. The fraction of sp³-hybridized carbons (Fsp3) is 0.917. The largest absolute Gasteiger partial charge is 0.412 e. The average molecular weight is 367 g/mol. The first-order valence-electron chi connectivity index (χ1n) is 11.0. The molecule has 2 atom stereocenters. The first-order chi connectivity index (χ1) is 11.5. The van der Waals surface area contributed by atoms with Crippen molar-refractivity contribution in [2.75, 3.05) is 0 Å². The van der Waals surface area contributed by atoms with Gasteiger partial charge in [-0.3, -0.25) is 0 Å². The first kappa shape index (κ1) is 23.5. The molecule has 2 unspecified atom stereocenters. The van der Waals surface area contributed by atoms with Crippen molar-refractivity contribution in [1.82, 2.24) is 0 Å². The second-order valence-electron chi connectivity index (χ2n) is 9.90. The predicted molar refractivity (Wildman–Crippen MR) is 114 cm³/mol. The van der Waals surface area contributed by atoms with E-state index in [0.717, 1.165) is 35.5 Å². The van der Waals surface area contributed by atoms with E-state index in [1.54, 1.807) is 0 Å². The molecule has 2 nitrogen and oxygen atoms in total. The van der Waals surface area contributed by atoms with E-state index in [1.165, 1.54) is 64.2 Å². The molecule has 0 radical (unpaired) electrons. The molecule has 3 aliphatic carbocycles. The van der Waals surface area contributed by atoms with Crippen LogP contribution in [0.4, 0.5) is 0 Å². The van der Waals surface area contributed by atoms with Gasteiger partial charge in [-0.2, -0.15) is 0 Å². The van der Waals surface area contributed by atoms with E-state index >= 15 is 0 Å². The van der Waals surface area contributed by atoms with Gasteiger partial charge in [0.2, 0.25) is 0 Å². The Bertz CT molecular complexity index is 441. The van der Waals surface area contributed by atoms with Gasteiger partial charge in [-0.1, -0.05) is 52.4 Å². The van der Waals surface area contributed by atoms with Gasteiger partial charge in [0.05, 0.1) is 0 Å². The molecule has 3 fully saturated rings. The SMILES string of the molecule is CC1CCC(C2CCC(C#CC3CC(C)C(C)C(C)C3)CC2)CC1.O.O.[HH]. The number of hydrogen-bond acceptors (Lipinski definition) is 0. The normalized spacial score (nSPS) is 43.2. The highest BCUT2D eigenvalue weighted by Crippen LogP contribution is 2.41. The highest BCUT2D eigenvalue weighted by molar-refractivity contribution is 5.10. The summed E-state index contributed by atoms with van der Waals surface area (Å²) in [7, 11) is 0. The van der Waals surface area contributed by atoms with Crippen LogP contribution in [0, 0.1) is 59.2 Å². The third-order valence-corrected chi connectivity index (χ3v) is 8.10. The molecule has 0 heterocycles. The minimum Gasteiger partial charge on any atom is -0.412 e. The van der Waals surface area contributed by atoms with Crippen LogP contribution in [-0.2, 0) is 0 Å². The average Bonchev–Trinajstić information content (AvgIpc) is 2.59. The molecule has 0 saturated heterocycles. The second kappa shape index (κ2) is 10.7. The molecule has 154 valence electrons. The van der Waals surface area contributed by atoms with Crippen LogP contribution in [0.3, 0.4) is 0 Å². The van der Waals surface area contributed by atoms with E-state index in [-0.39, 0.29) is 12.4 Å². The van der Waals surface area contributed by atoms with E-state index in [4.69, 9.17) is 0 Å². The Hall–Kier alpha value is -0.520. The van der Waals surface area contributed by atoms with Crippen LogP contribution < -0.4 is 0 Å². The molecular weight excluding hydrogens is 320 g/mol. The van der Waals surface area contributed by atoms with Gasteiger partial charge in [0.1, 0.15) is 0 Å². The van der Waals surface area contributed by atoms with Crippen molar-refractivity contribution in [2.45, 2.75) is 91.9 Å². The Kier molecular flexibility index (Phi) is 9.70. The van der Waals surface area contributed by atoms with Crippen molar-refractivity contribution in [3.8, 4) is 11.8 Å². The van der Waals surface area contributed by atoms with E-state index in [0.29, 0.717) is 11.8 Å². The smallest absolute Gasteiger partial charge is 0.0208 e. The Morgan fingerprint density at radius 1 is 0.577 bits per heavy atom. The van der Waals surface area contributed by atoms with Crippen LogP contribution >= 0.6 is 0 Å². The van der Waals surface area contributed by atoms with Crippen LogP contribution in [0.15, 0.2) is 0 Å². The van der Waals surface area contributed by atoms with Gasteiger partial charge < -0.3 is 11.0 Å². The Morgan fingerprint density at radius 3 is 1.50 bits per heavy atom. The van der Waals surface area contributed by atoms with Crippen LogP contribution in [0.5, 0.6) is 0 Å². The van der Waals surface area contributed by atoms with Crippen LogP contribution in [0.2, 0.25) is 0 Å². The quantitative estimate of drug-likeness (QED) is 0.547. The lowest BCUT2D eigenvalue weighted by molar-refractivity contribution is 0.161. The summed E-state index contributed by atoms with van der Waals surface area (Å²) in [4.78, 5) is 0. The molecule has 2 heteroatoms. The fourth-order valence-electron chi connectivity index (χ4n) is 5.83. The third-order valence-electron chi connectivity index (χ3n) is 8.10. The summed E-state index contributed by atoms with van der Waals surface area (Å²) in [5.41, 5.74) is 0. The van der Waals surface area contributed by atoms with Gasteiger partial charge in [-0.15, -0.1) is 0 Å². The molecule has 0 bridgehead atoms. The monoisotopic (exact) mass is 366 g/mol. The second-order valence-corrected chi connectivity index (χ2v) is 9.90. The van der Waals surface area contributed by atoms with E-state index in [1.807, 2.05) is 0 Å². The van der Waals surface area contributed by atoms with Gasteiger partial charge in [-0.25, -0.2) is 0 Å². The molecule has 4 N–H and O–H groups in total. The van der Waals surface area contributed by atoms with Crippen molar-refractivity contribution in [3.63, 3.8) is 0 Å². The van der Waals surface area contributed by atoms with E-state index in [2.05, 4.69) is 39.5 Å². The number of hydrogen-bond donors (Lipinski definition) is 0. The molecule has 0 aromatic carbocycles. The molecule has 3 rings (SSSR count). The summed E-state index contributed by atoms with van der Waals surface area (Å²) >= 11 is 0. The summed E-state index contributed by atoms with van der Waals surface area (Å²) in [5, 5.41) is 0. The predicted octanol–water partition coefficient (Wildman–Crippen LogP) is 5.54. The molecule has 0 aliphatic heterocycles. The lowest BCUT2D eigenvalue weighted by atomic mass is 9.69. The lowest BCUT2D eigenvalue weighted by Crippen LogP contribution is -2.27. The van der Waals surface area contributed by atoms with Gasteiger partial charge >= 0.3 is 0 Å². The molecule has 3 aliphatic rings. The molecule has 0 amide bonds. The zero-order chi connectivity index (χ0) is 17.1. The lowest BCUT2D eigenvalue weighted by Gasteiger charge is -2.36. The van der Waals surface area contributed by atoms with Gasteiger partial charge in [0.25, 0.3) is 0 Å². The topological polar surface area (TPSA) is 63.0 Å². The molecule has 26 heavy (non-hydrogen) atoms. The van der Waals surface area contributed by atoms with E-state index in [9.17, 15) is 0 Å². The third kappa shape index (κ3) is 6.00. The maximum absolute atomic E-state index is 3.73. The first-order valence-corrected chi connectivity index (χ1v) is 11.0. The van der Waals surface area contributed by atoms with Gasteiger partial charge in [0, 0.05) is 13.3 Å². The summed E-state index contributed by atoms with van der Waals surface area (Å²) in [6.45, 7) is 9.75. The molecule has 0 spiro atoms. The van der Waals surface area contributed by atoms with Crippen molar-refractivity contribution < 1.29 is 12.4 Å². The van der Waals surface area contributed by atoms with E-state index < -0.39 is 0 Å². The zero-order valence-electron chi connectivity index (χ0n) is 17.7. The summed E-state index contributed by atoms with van der Waals surface area (Å²) in [6.07, 6.45) is 14.4. The summed E-state index contributed by atoms with van der Waals surface area (Å²) in [6, 6.07) is 0. The van der Waals surface area contributed by atoms with Gasteiger partial charge in [-0.05, 0) is 86.9 Å². The fourth-order valence-corrected chi connectivity index (χ4v) is 5.83.